The van der Waals surface area contributed by atoms with Crippen LogP contribution in [0.1, 0.15) is 30.5 Å². The first-order valence-corrected chi connectivity index (χ1v) is 8.23. The minimum absolute atomic E-state index is 0.137. The molecule has 1 N–H and O–H groups in total. The molecule has 2 aromatic rings. The summed E-state index contributed by atoms with van der Waals surface area (Å²) < 4.78 is 11.1. The molecule has 0 aliphatic carbocycles. The number of carbonyl (C=O) groups is 1. The molecule has 0 aromatic heterocycles. The highest BCUT2D eigenvalue weighted by Crippen LogP contribution is 2.18. The summed E-state index contributed by atoms with van der Waals surface area (Å²) in [7, 11) is 0. The van der Waals surface area contributed by atoms with Crippen molar-refractivity contribution in [2.24, 2.45) is 0 Å². The molecular formula is C20H25NO3. The van der Waals surface area contributed by atoms with Gasteiger partial charge < -0.3 is 14.8 Å². The van der Waals surface area contributed by atoms with E-state index in [0.717, 1.165) is 16.9 Å². The summed E-state index contributed by atoms with van der Waals surface area (Å²) in [6, 6.07) is 13.5. The number of carbonyl (C=O) groups excluding carboxylic acids is 1. The van der Waals surface area contributed by atoms with Gasteiger partial charge >= 0.3 is 0 Å². The Morgan fingerprint density at radius 1 is 1.04 bits per heavy atom. The van der Waals surface area contributed by atoms with E-state index in [1.807, 2.05) is 63.2 Å². The Morgan fingerprint density at radius 2 is 1.71 bits per heavy atom. The van der Waals surface area contributed by atoms with E-state index in [1.54, 1.807) is 6.92 Å². The van der Waals surface area contributed by atoms with Crippen molar-refractivity contribution in [3.63, 3.8) is 0 Å². The largest absolute Gasteiger partial charge is 0.494 e. The summed E-state index contributed by atoms with van der Waals surface area (Å²) in [5, 5.41) is 2.89. The summed E-state index contributed by atoms with van der Waals surface area (Å²) in [5.74, 6) is 1.41. The SMILES string of the molecule is CCOc1ccc(CNC(=O)[C@@H](C)Oc2ccc(C)c(C)c2)cc1. The van der Waals surface area contributed by atoms with Gasteiger partial charge in [-0.2, -0.15) is 0 Å². The Hall–Kier alpha value is -2.49. The normalized spacial score (nSPS) is 11.7. The maximum absolute atomic E-state index is 12.2. The van der Waals surface area contributed by atoms with E-state index in [9.17, 15) is 4.79 Å². The van der Waals surface area contributed by atoms with Gasteiger partial charge in [-0.15, -0.1) is 0 Å². The smallest absolute Gasteiger partial charge is 0.261 e. The molecule has 0 unspecified atom stereocenters. The highest BCUT2D eigenvalue weighted by molar-refractivity contribution is 5.80. The Balaban J connectivity index is 1.85. The average molecular weight is 327 g/mol. The molecule has 0 spiro atoms. The van der Waals surface area contributed by atoms with E-state index < -0.39 is 6.10 Å². The molecule has 0 bridgehead atoms. The summed E-state index contributed by atoms with van der Waals surface area (Å²) >= 11 is 0. The van der Waals surface area contributed by atoms with Gasteiger partial charge in [0.25, 0.3) is 5.91 Å². The number of hydrogen-bond acceptors (Lipinski definition) is 3. The molecule has 128 valence electrons. The third kappa shape index (κ3) is 5.01. The second kappa shape index (κ2) is 8.39. The maximum atomic E-state index is 12.2. The fourth-order valence-corrected chi connectivity index (χ4v) is 2.25. The molecule has 0 aliphatic rings. The molecule has 0 aliphatic heterocycles. The van der Waals surface area contributed by atoms with Gasteiger partial charge in [0.2, 0.25) is 0 Å². The van der Waals surface area contributed by atoms with Crippen molar-refractivity contribution in [2.75, 3.05) is 6.61 Å². The van der Waals surface area contributed by atoms with Crippen molar-refractivity contribution in [2.45, 2.75) is 40.3 Å². The third-order valence-corrected chi connectivity index (χ3v) is 3.86. The van der Waals surface area contributed by atoms with Crippen LogP contribution in [-0.4, -0.2) is 18.6 Å². The molecule has 0 radical (unpaired) electrons. The number of benzene rings is 2. The van der Waals surface area contributed by atoms with Gasteiger partial charge in [-0.25, -0.2) is 0 Å². The van der Waals surface area contributed by atoms with Gasteiger partial charge in [0, 0.05) is 6.54 Å². The summed E-state index contributed by atoms with van der Waals surface area (Å²) in [6.45, 7) is 8.88. The number of amides is 1. The van der Waals surface area contributed by atoms with Crippen molar-refractivity contribution in [1.29, 1.82) is 0 Å². The van der Waals surface area contributed by atoms with E-state index >= 15 is 0 Å². The molecule has 0 fully saturated rings. The second-order valence-electron chi connectivity index (χ2n) is 5.80. The van der Waals surface area contributed by atoms with Crippen LogP contribution in [0.25, 0.3) is 0 Å². The van der Waals surface area contributed by atoms with Crippen LogP contribution in [0.3, 0.4) is 0 Å². The summed E-state index contributed by atoms with van der Waals surface area (Å²) in [5.41, 5.74) is 3.37. The lowest BCUT2D eigenvalue weighted by Crippen LogP contribution is -2.35. The van der Waals surface area contributed by atoms with Crippen LogP contribution in [0.15, 0.2) is 42.5 Å². The van der Waals surface area contributed by atoms with Crippen LogP contribution < -0.4 is 14.8 Å². The molecule has 2 rings (SSSR count). The first kappa shape index (κ1) is 17.9. The highest BCUT2D eigenvalue weighted by Gasteiger charge is 2.14. The molecule has 0 saturated heterocycles. The van der Waals surface area contributed by atoms with Gasteiger partial charge in [-0.3, -0.25) is 4.79 Å². The molecule has 0 heterocycles. The van der Waals surface area contributed by atoms with E-state index in [1.165, 1.54) is 5.56 Å². The zero-order valence-electron chi connectivity index (χ0n) is 14.8. The number of rotatable bonds is 7. The second-order valence-corrected chi connectivity index (χ2v) is 5.80. The van der Waals surface area contributed by atoms with Gasteiger partial charge in [-0.1, -0.05) is 18.2 Å². The van der Waals surface area contributed by atoms with Crippen molar-refractivity contribution < 1.29 is 14.3 Å². The maximum Gasteiger partial charge on any atom is 0.261 e. The van der Waals surface area contributed by atoms with Gasteiger partial charge in [0.05, 0.1) is 6.61 Å². The van der Waals surface area contributed by atoms with Crippen LogP contribution in [0, 0.1) is 13.8 Å². The molecule has 1 atom stereocenters. The van der Waals surface area contributed by atoms with Crippen LogP contribution in [0.2, 0.25) is 0 Å². The molecule has 2 aromatic carbocycles. The third-order valence-electron chi connectivity index (χ3n) is 3.86. The fraction of sp³-hybridized carbons (Fsp3) is 0.350. The van der Waals surface area contributed by atoms with Crippen LogP contribution in [0.4, 0.5) is 0 Å². The van der Waals surface area contributed by atoms with Crippen LogP contribution >= 0.6 is 0 Å². The fourth-order valence-electron chi connectivity index (χ4n) is 2.25. The molecule has 24 heavy (non-hydrogen) atoms. The standard InChI is InChI=1S/C20H25NO3/c1-5-23-18-10-7-17(8-11-18)13-21-20(22)16(4)24-19-9-6-14(2)15(3)12-19/h6-12,16H,5,13H2,1-4H3,(H,21,22)/t16-/m1/s1. The number of ether oxygens (including phenoxy) is 2. The van der Waals surface area contributed by atoms with Crippen molar-refractivity contribution in [3.05, 3.63) is 59.2 Å². The Morgan fingerprint density at radius 3 is 2.33 bits per heavy atom. The first-order chi connectivity index (χ1) is 11.5. The van der Waals surface area contributed by atoms with Gasteiger partial charge in [0.1, 0.15) is 11.5 Å². The molecule has 0 saturated carbocycles. The van der Waals surface area contributed by atoms with Crippen LogP contribution in [0.5, 0.6) is 11.5 Å². The Labute approximate surface area is 143 Å². The summed E-state index contributed by atoms with van der Waals surface area (Å²) in [6.07, 6.45) is -0.546. The minimum atomic E-state index is -0.546. The van der Waals surface area contributed by atoms with Gasteiger partial charge in [-0.05, 0) is 68.7 Å². The lowest BCUT2D eigenvalue weighted by molar-refractivity contribution is -0.127. The van der Waals surface area contributed by atoms with Crippen molar-refractivity contribution in [3.8, 4) is 11.5 Å². The monoisotopic (exact) mass is 327 g/mol. The zero-order valence-corrected chi connectivity index (χ0v) is 14.8. The van der Waals surface area contributed by atoms with E-state index in [4.69, 9.17) is 9.47 Å². The van der Waals surface area contributed by atoms with Gasteiger partial charge in [0.15, 0.2) is 6.10 Å². The quantitative estimate of drug-likeness (QED) is 0.842. The molecule has 1 amide bonds. The molecule has 4 nitrogen and oxygen atoms in total. The summed E-state index contributed by atoms with van der Waals surface area (Å²) in [4.78, 5) is 12.2. The number of hydrogen-bond donors (Lipinski definition) is 1. The van der Waals surface area contributed by atoms with E-state index in [-0.39, 0.29) is 5.91 Å². The zero-order chi connectivity index (χ0) is 17.5. The topological polar surface area (TPSA) is 47.6 Å². The predicted molar refractivity (Wildman–Crippen MR) is 95.5 cm³/mol. The van der Waals surface area contributed by atoms with Crippen LogP contribution in [-0.2, 0) is 11.3 Å². The first-order valence-electron chi connectivity index (χ1n) is 8.23. The highest BCUT2D eigenvalue weighted by atomic mass is 16.5. The molecular weight excluding hydrogens is 302 g/mol. The lowest BCUT2D eigenvalue weighted by Gasteiger charge is -2.15. The van der Waals surface area contributed by atoms with E-state index in [2.05, 4.69) is 5.32 Å². The van der Waals surface area contributed by atoms with Crippen molar-refractivity contribution in [1.82, 2.24) is 5.32 Å². The number of aryl methyl sites for hydroxylation is 2. The van der Waals surface area contributed by atoms with E-state index in [0.29, 0.717) is 18.9 Å². The van der Waals surface area contributed by atoms with Crippen molar-refractivity contribution >= 4 is 5.91 Å². The predicted octanol–water partition coefficient (Wildman–Crippen LogP) is 3.79. The Kier molecular flexibility index (Phi) is 6.24. The number of nitrogens with one attached hydrogen (secondary N) is 1. The average Bonchev–Trinajstić information content (AvgIpc) is 2.57. The molecule has 4 heteroatoms. The minimum Gasteiger partial charge on any atom is -0.494 e. The Bertz CT molecular complexity index is 680. The lowest BCUT2D eigenvalue weighted by atomic mass is 10.1.